The Balaban J connectivity index is 1.91. The van der Waals surface area contributed by atoms with Crippen LogP contribution >= 0.6 is 11.3 Å². The molecule has 0 bridgehead atoms. The van der Waals surface area contributed by atoms with Crippen molar-refractivity contribution in [2.45, 2.75) is 6.42 Å². The zero-order chi connectivity index (χ0) is 20.1. The van der Waals surface area contributed by atoms with Gasteiger partial charge in [0.05, 0.1) is 33.8 Å². The number of benzene rings is 2. The summed E-state index contributed by atoms with van der Waals surface area (Å²) in [4.78, 5) is 17.4. The van der Waals surface area contributed by atoms with Crippen molar-refractivity contribution in [3.63, 3.8) is 0 Å². The Morgan fingerprint density at radius 1 is 1.07 bits per heavy atom. The van der Waals surface area contributed by atoms with Gasteiger partial charge in [0.15, 0.2) is 11.5 Å². The van der Waals surface area contributed by atoms with Crippen LogP contribution in [0.3, 0.4) is 0 Å². The summed E-state index contributed by atoms with van der Waals surface area (Å²) in [6, 6.07) is 12.9. The molecule has 28 heavy (non-hydrogen) atoms. The Labute approximate surface area is 166 Å². The molecule has 2 aromatic carbocycles. The van der Waals surface area contributed by atoms with E-state index in [1.807, 2.05) is 24.3 Å². The Bertz CT molecular complexity index is 1010. The highest BCUT2D eigenvalue weighted by molar-refractivity contribution is 7.13. The normalized spacial score (nSPS) is 10.2. The molecule has 0 unspecified atom stereocenters. The fourth-order valence-electron chi connectivity index (χ4n) is 2.73. The zero-order valence-electron chi connectivity index (χ0n) is 15.7. The Hall–Kier alpha value is -3.37. The molecular weight excluding hydrogens is 376 g/mol. The first-order valence-electron chi connectivity index (χ1n) is 8.37. The largest absolute Gasteiger partial charge is 0.493 e. The van der Waals surface area contributed by atoms with Gasteiger partial charge in [0.1, 0.15) is 10.7 Å². The van der Waals surface area contributed by atoms with Crippen molar-refractivity contribution in [3.8, 4) is 33.9 Å². The summed E-state index contributed by atoms with van der Waals surface area (Å²) in [5.41, 5.74) is 2.58. The zero-order valence-corrected chi connectivity index (χ0v) is 16.5. The third-order valence-electron chi connectivity index (χ3n) is 4.15. The van der Waals surface area contributed by atoms with Crippen LogP contribution in [0.1, 0.15) is 21.6 Å². The van der Waals surface area contributed by atoms with Crippen molar-refractivity contribution >= 4 is 17.1 Å². The van der Waals surface area contributed by atoms with Crippen molar-refractivity contribution in [2.24, 2.45) is 0 Å². The van der Waals surface area contributed by atoms with Crippen LogP contribution in [0, 0.1) is 11.3 Å². The fraction of sp³-hybridized carbons (Fsp3) is 0.190. The molecule has 0 saturated heterocycles. The molecule has 142 valence electrons. The van der Waals surface area contributed by atoms with Crippen LogP contribution in [-0.4, -0.2) is 32.1 Å². The van der Waals surface area contributed by atoms with E-state index in [1.54, 1.807) is 17.5 Å². The Morgan fingerprint density at radius 3 is 2.25 bits per heavy atom. The average molecular weight is 394 g/mol. The highest BCUT2D eigenvalue weighted by Crippen LogP contribution is 2.39. The van der Waals surface area contributed by atoms with E-state index in [-0.39, 0.29) is 5.78 Å². The summed E-state index contributed by atoms with van der Waals surface area (Å²) >= 11 is 1.39. The molecule has 7 heteroatoms. The Morgan fingerprint density at radius 2 is 1.71 bits per heavy atom. The molecule has 0 saturated carbocycles. The molecule has 0 spiro atoms. The number of nitriles is 1. The molecule has 0 aliphatic carbocycles. The molecule has 1 aromatic heterocycles. The first-order valence-corrected chi connectivity index (χ1v) is 9.25. The maximum absolute atomic E-state index is 12.9. The molecule has 0 amide bonds. The lowest BCUT2D eigenvalue weighted by atomic mass is 10.1. The SMILES string of the molecule is COc1cc(C(=O)c2csc(-c3ccc(CC#N)cc3)n2)cc(OC)c1OC. The lowest BCUT2D eigenvalue weighted by molar-refractivity contribution is 0.103. The van der Waals surface area contributed by atoms with Crippen LogP contribution < -0.4 is 14.2 Å². The number of ether oxygens (including phenoxy) is 3. The highest BCUT2D eigenvalue weighted by atomic mass is 32.1. The van der Waals surface area contributed by atoms with Gasteiger partial charge in [-0.1, -0.05) is 24.3 Å². The lowest BCUT2D eigenvalue weighted by Crippen LogP contribution is -2.04. The van der Waals surface area contributed by atoms with E-state index in [1.165, 1.54) is 32.7 Å². The average Bonchev–Trinajstić information content (AvgIpc) is 3.23. The van der Waals surface area contributed by atoms with E-state index in [0.717, 1.165) is 16.1 Å². The van der Waals surface area contributed by atoms with Gasteiger partial charge < -0.3 is 14.2 Å². The van der Waals surface area contributed by atoms with Gasteiger partial charge in [0, 0.05) is 16.5 Å². The van der Waals surface area contributed by atoms with Crippen molar-refractivity contribution in [1.29, 1.82) is 5.26 Å². The molecule has 0 N–H and O–H groups in total. The number of methoxy groups -OCH3 is 3. The number of nitrogens with zero attached hydrogens (tertiary/aromatic N) is 2. The minimum atomic E-state index is -0.233. The standard InChI is InChI=1S/C21H18N2O4S/c1-25-17-10-15(11-18(26-2)20(17)27-3)19(24)16-12-28-21(23-16)14-6-4-13(5-7-14)8-9-22/h4-7,10-12H,8H2,1-3H3. The van der Waals surface area contributed by atoms with Crippen LogP contribution in [0.15, 0.2) is 41.8 Å². The molecule has 6 nitrogen and oxygen atoms in total. The summed E-state index contributed by atoms with van der Waals surface area (Å²) in [5, 5.41) is 11.2. The number of carbonyl (C=O) groups excluding carboxylic acids is 1. The van der Waals surface area contributed by atoms with Crippen LogP contribution in [0.2, 0.25) is 0 Å². The summed E-state index contributed by atoms with van der Waals surface area (Å²) < 4.78 is 15.9. The topological polar surface area (TPSA) is 81.4 Å². The molecule has 0 radical (unpaired) electrons. The number of thiazole rings is 1. The first kappa shape index (κ1) is 19.4. The van der Waals surface area contributed by atoms with Gasteiger partial charge in [-0.05, 0) is 17.7 Å². The smallest absolute Gasteiger partial charge is 0.212 e. The number of aromatic nitrogens is 1. The van der Waals surface area contributed by atoms with Crippen LogP contribution in [-0.2, 0) is 6.42 Å². The quantitative estimate of drug-likeness (QED) is 0.561. The summed E-state index contributed by atoms with van der Waals surface area (Å²) in [7, 11) is 4.52. The van der Waals surface area contributed by atoms with Gasteiger partial charge in [-0.15, -0.1) is 11.3 Å². The Kier molecular flexibility index (Phi) is 5.92. The second-order valence-electron chi connectivity index (χ2n) is 5.81. The minimum Gasteiger partial charge on any atom is -0.493 e. The van der Waals surface area contributed by atoms with Crippen molar-refractivity contribution in [3.05, 3.63) is 58.6 Å². The third-order valence-corrected chi connectivity index (χ3v) is 5.04. The molecule has 3 aromatic rings. The molecule has 0 atom stereocenters. The number of hydrogen-bond donors (Lipinski definition) is 0. The monoisotopic (exact) mass is 394 g/mol. The van der Waals surface area contributed by atoms with E-state index in [0.29, 0.717) is 34.9 Å². The maximum atomic E-state index is 12.9. The van der Waals surface area contributed by atoms with E-state index >= 15 is 0 Å². The lowest BCUT2D eigenvalue weighted by Gasteiger charge is -2.13. The second-order valence-corrected chi connectivity index (χ2v) is 6.67. The van der Waals surface area contributed by atoms with Crippen LogP contribution in [0.5, 0.6) is 17.2 Å². The summed E-state index contributed by atoms with van der Waals surface area (Å²) in [6.45, 7) is 0. The maximum Gasteiger partial charge on any atom is 0.212 e. The van der Waals surface area contributed by atoms with Gasteiger partial charge in [0.25, 0.3) is 0 Å². The molecular formula is C21H18N2O4S. The van der Waals surface area contributed by atoms with Gasteiger partial charge in [-0.25, -0.2) is 4.98 Å². The number of rotatable bonds is 7. The second kappa shape index (κ2) is 8.55. The molecule has 0 fully saturated rings. The molecule has 1 heterocycles. The minimum absolute atomic E-state index is 0.233. The molecule has 3 rings (SSSR count). The third kappa shape index (κ3) is 3.82. The summed E-state index contributed by atoms with van der Waals surface area (Å²) in [6.07, 6.45) is 0.364. The summed E-state index contributed by atoms with van der Waals surface area (Å²) in [5.74, 6) is 1.02. The van der Waals surface area contributed by atoms with E-state index < -0.39 is 0 Å². The van der Waals surface area contributed by atoms with Crippen molar-refractivity contribution in [1.82, 2.24) is 4.98 Å². The molecule has 0 aliphatic heterocycles. The number of carbonyl (C=O) groups is 1. The number of ketones is 1. The fourth-order valence-corrected chi connectivity index (χ4v) is 3.53. The van der Waals surface area contributed by atoms with Crippen molar-refractivity contribution in [2.75, 3.05) is 21.3 Å². The van der Waals surface area contributed by atoms with E-state index in [2.05, 4.69) is 11.1 Å². The first-order chi connectivity index (χ1) is 13.6. The predicted octanol–water partition coefficient (Wildman–Crippen LogP) is 4.13. The number of hydrogen-bond acceptors (Lipinski definition) is 7. The van der Waals surface area contributed by atoms with Crippen LogP contribution in [0.25, 0.3) is 10.6 Å². The predicted molar refractivity (Wildman–Crippen MR) is 106 cm³/mol. The van der Waals surface area contributed by atoms with Gasteiger partial charge in [-0.2, -0.15) is 5.26 Å². The van der Waals surface area contributed by atoms with Gasteiger partial charge >= 0.3 is 0 Å². The molecule has 0 aliphatic rings. The van der Waals surface area contributed by atoms with E-state index in [4.69, 9.17) is 19.5 Å². The van der Waals surface area contributed by atoms with E-state index in [9.17, 15) is 4.79 Å². The van der Waals surface area contributed by atoms with Gasteiger partial charge in [-0.3, -0.25) is 4.79 Å². The van der Waals surface area contributed by atoms with Gasteiger partial charge in [0.2, 0.25) is 11.5 Å². The van der Waals surface area contributed by atoms with Crippen molar-refractivity contribution < 1.29 is 19.0 Å². The van der Waals surface area contributed by atoms with Crippen LogP contribution in [0.4, 0.5) is 0 Å². The highest BCUT2D eigenvalue weighted by Gasteiger charge is 2.20.